The van der Waals surface area contributed by atoms with Gasteiger partial charge in [0.15, 0.2) is 0 Å². The van der Waals surface area contributed by atoms with Gasteiger partial charge in [0.25, 0.3) is 0 Å². The van der Waals surface area contributed by atoms with Crippen LogP contribution in [0.5, 0.6) is 0 Å². The first-order valence-corrected chi connectivity index (χ1v) is 4.98. The highest BCUT2D eigenvalue weighted by atomic mass is 14.6. The molecule has 0 aromatic carbocycles. The van der Waals surface area contributed by atoms with Gasteiger partial charge in [-0.1, -0.05) is 18.7 Å². The summed E-state index contributed by atoms with van der Waals surface area (Å²) >= 11 is 0. The van der Waals surface area contributed by atoms with Crippen molar-refractivity contribution in [3.63, 3.8) is 0 Å². The van der Waals surface area contributed by atoms with Crippen LogP contribution in [0, 0.1) is 6.92 Å². The molecule has 0 unspecified atom stereocenters. The van der Waals surface area contributed by atoms with Crippen molar-refractivity contribution in [1.29, 1.82) is 0 Å². The van der Waals surface area contributed by atoms with Crippen molar-refractivity contribution in [2.75, 3.05) is 0 Å². The lowest BCUT2D eigenvalue weighted by Crippen LogP contribution is -1.97. The van der Waals surface area contributed by atoms with Crippen LogP contribution in [-0.4, -0.2) is 12.3 Å². The minimum atomic E-state index is 1.11. The van der Waals surface area contributed by atoms with Crippen LogP contribution in [0.4, 0.5) is 0 Å². The summed E-state index contributed by atoms with van der Waals surface area (Å²) in [6, 6.07) is 4.29. The van der Waals surface area contributed by atoms with Crippen LogP contribution in [0.1, 0.15) is 17.7 Å². The lowest BCUT2D eigenvalue weighted by Gasteiger charge is -2.12. The fraction of sp³-hybridized carbons (Fsp3) is 0.364. The SMILES string of the molecule is Cc1cc(C2=CCBCC2)ccn1. The van der Waals surface area contributed by atoms with E-state index in [1.165, 1.54) is 37.5 Å². The minimum absolute atomic E-state index is 1.11. The van der Waals surface area contributed by atoms with E-state index < -0.39 is 0 Å². The Morgan fingerprint density at radius 2 is 2.38 bits per heavy atom. The van der Waals surface area contributed by atoms with Gasteiger partial charge in [-0.05, 0) is 36.6 Å². The van der Waals surface area contributed by atoms with Gasteiger partial charge in [0.1, 0.15) is 7.28 Å². The van der Waals surface area contributed by atoms with Gasteiger partial charge in [0.05, 0.1) is 0 Å². The van der Waals surface area contributed by atoms with Gasteiger partial charge >= 0.3 is 0 Å². The number of pyridine rings is 1. The maximum Gasteiger partial charge on any atom is 0.125 e. The van der Waals surface area contributed by atoms with Crippen molar-refractivity contribution in [3.8, 4) is 0 Å². The summed E-state index contributed by atoms with van der Waals surface area (Å²) in [5.74, 6) is 0. The number of aryl methyl sites for hydroxylation is 1. The van der Waals surface area contributed by atoms with Gasteiger partial charge in [-0.3, -0.25) is 4.98 Å². The molecule has 0 bridgehead atoms. The Kier molecular flexibility index (Phi) is 2.48. The van der Waals surface area contributed by atoms with Crippen molar-refractivity contribution in [3.05, 3.63) is 35.7 Å². The summed E-state index contributed by atoms with van der Waals surface area (Å²) in [6.45, 7) is 2.05. The van der Waals surface area contributed by atoms with Crippen molar-refractivity contribution in [2.45, 2.75) is 26.0 Å². The monoisotopic (exact) mass is 171 g/mol. The zero-order valence-electron chi connectivity index (χ0n) is 8.09. The third-order valence-corrected chi connectivity index (χ3v) is 2.56. The molecule has 0 atom stereocenters. The smallest absolute Gasteiger partial charge is 0.125 e. The molecule has 0 spiro atoms. The maximum absolute atomic E-state index is 4.21. The molecule has 0 fully saturated rings. The highest BCUT2D eigenvalue weighted by Gasteiger charge is 2.06. The maximum atomic E-state index is 4.21. The quantitative estimate of drug-likeness (QED) is 0.591. The molecule has 0 N–H and O–H groups in total. The van der Waals surface area contributed by atoms with E-state index in [9.17, 15) is 0 Å². The fourth-order valence-electron chi connectivity index (χ4n) is 1.85. The molecule has 1 aliphatic rings. The van der Waals surface area contributed by atoms with Gasteiger partial charge < -0.3 is 0 Å². The molecule has 2 heteroatoms. The molecule has 1 aromatic rings. The van der Waals surface area contributed by atoms with E-state index in [4.69, 9.17) is 0 Å². The van der Waals surface area contributed by atoms with Crippen molar-refractivity contribution in [1.82, 2.24) is 4.98 Å². The second-order valence-corrected chi connectivity index (χ2v) is 3.66. The van der Waals surface area contributed by atoms with E-state index in [-0.39, 0.29) is 0 Å². The molecule has 0 radical (unpaired) electrons. The second-order valence-electron chi connectivity index (χ2n) is 3.66. The van der Waals surface area contributed by atoms with E-state index in [1.807, 2.05) is 13.1 Å². The molecule has 66 valence electrons. The Morgan fingerprint density at radius 3 is 3.08 bits per heavy atom. The average Bonchev–Trinajstić information content (AvgIpc) is 2.19. The Bertz CT molecular complexity index is 331. The largest absolute Gasteiger partial charge is 0.262 e. The molecule has 0 saturated carbocycles. The fourth-order valence-corrected chi connectivity index (χ4v) is 1.85. The minimum Gasteiger partial charge on any atom is -0.262 e. The van der Waals surface area contributed by atoms with Crippen molar-refractivity contribution >= 4 is 12.9 Å². The Labute approximate surface area is 80.1 Å². The summed E-state index contributed by atoms with van der Waals surface area (Å²) < 4.78 is 0. The Morgan fingerprint density at radius 1 is 1.46 bits per heavy atom. The standard InChI is InChI=1S/C11H14BN/c1-9-8-11(4-7-13-9)10-2-5-12-6-3-10/h2,4,7-8,12H,3,5-6H2,1H3. The van der Waals surface area contributed by atoms with Gasteiger partial charge in [0, 0.05) is 11.9 Å². The molecular weight excluding hydrogens is 157 g/mol. The molecule has 2 heterocycles. The summed E-state index contributed by atoms with van der Waals surface area (Å²) in [6.07, 6.45) is 8.10. The van der Waals surface area contributed by atoms with Crippen molar-refractivity contribution in [2.24, 2.45) is 0 Å². The molecule has 1 aliphatic heterocycles. The predicted molar refractivity (Wildman–Crippen MR) is 58.3 cm³/mol. The molecule has 1 aromatic heterocycles. The first-order chi connectivity index (χ1) is 6.36. The number of aromatic nitrogens is 1. The summed E-state index contributed by atoms with van der Waals surface area (Å²) in [4.78, 5) is 4.21. The van der Waals surface area contributed by atoms with E-state index >= 15 is 0 Å². The normalized spacial score (nSPS) is 16.2. The first kappa shape index (κ1) is 8.55. The van der Waals surface area contributed by atoms with Gasteiger partial charge in [-0.25, -0.2) is 0 Å². The average molecular weight is 171 g/mol. The topological polar surface area (TPSA) is 12.9 Å². The molecule has 0 saturated heterocycles. The predicted octanol–water partition coefficient (Wildman–Crippen LogP) is 2.45. The Balaban J connectivity index is 2.29. The third kappa shape index (κ3) is 2.00. The molecule has 0 aliphatic carbocycles. The number of nitrogens with zero attached hydrogens (tertiary/aromatic N) is 1. The van der Waals surface area contributed by atoms with E-state index in [0.717, 1.165) is 5.69 Å². The molecule has 13 heavy (non-hydrogen) atoms. The van der Waals surface area contributed by atoms with Gasteiger partial charge in [-0.2, -0.15) is 0 Å². The van der Waals surface area contributed by atoms with E-state index in [2.05, 4.69) is 23.2 Å². The second kappa shape index (κ2) is 3.78. The van der Waals surface area contributed by atoms with Gasteiger partial charge in [0.2, 0.25) is 0 Å². The van der Waals surface area contributed by atoms with Crippen LogP contribution in [0.3, 0.4) is 0 Å². The highest BCUT2D eigenvalue weighted by Crippen LogP contribution is 2.24. The first-order valence-electron chi connectivity index (χ1n) is 4.98. The molecule has 1 nitrogen and oxygen atoms in total. The van der Waals surface area contributed by atoms with E-state index in [0.29, 0.717) is 0 Å². The zero-order valence-corrected chi connectivity index (χ0v) is 8.09. The van der Waals surface area contributed by atoms with Crippen LogP contribution < -0.4 is 0 Å². The van der Waals surface area contributed by atoms with Crippen LogP contribution >= 0.6 is 0 Å². The van der Waals surface area contributed by atoms with Crippen LogP contribution in [-0.2, 0) is 0 Å². The van der Waals surface area contributed by atoms with Gasteiger partial charge in [-0.15, -0.1) is 0 Å². The van der Waals surface area contributed by atoms with Crippen LogP contribution in [0.25, 0.3) is 5.57 Å². The summed E-state index contributed by atoms with van der Waals surface area (Å²) in [7, 11) is 1.35. The Hall–Kier alpha value is -1.05. The number of allylic oxidation sites excluding steroid dienone is 2. The zero-order chi connectivity index (χ0) is 9.10. The van der Waals surface area contributed by atoms with Crippen LogP contribution in [0.2, 0.25) is 12.6 Å². The van der Waals surface area contributed by atoms with Crippen molar-refractivity contribution < 1.29 is 0 Å². The lowest BCUT2D eigenvalue weighted by molar-refractivity contribution is 1.15. The summed E-state index contributed by atoms with van der Waals surface area (Å²) in [5, 5.41) is 0. The molecule has 2 rings (SSSR count). The molecule has 0 amide bonds. The number of rotatable bonds is 1. The van der Waals surface area contributed by atoms with E-state index in [1.54, 1.807) is 0 Å². The third-order valence-electron chi connectivity index (χ3n) is 2.56. The number of hydrogen-bond donors (Lipinski definition) is 0. The van der Waals surface area contributed by atoms with Crippen LogP contribution in [0.15, 0.2) is 24.4 Å². The number of hydrogen-bond acceptors (Lipinski definition) is 1. The lowest BCUT2D eigenvalue weighted by atomic mass is 9.65. The summed E-state index contributed by atoms with van der Waals surface area (Å²) in [5.41, 5.74) is 3.99. The molecular formula is C11H14BN. The highest BCUT2D eigenvalue weighted by molar-refractivity contribution is 6.37.